The van der Waals surface area contributed by atoms with Crippen molar-refractivity contribution < 1.29 is 13.9 Å². The number of nitrogens with zero attached hydrogens (tertiary/aromatic N) is 2. The first kappa shape index (κ1) is 20.2. The highest BCUT2D eigenvalue weighted by atomic mass is 19.1. The van der Waals surface area contributed by atoms with Crippen LogP contribution in [0, 0.1) is 12.7 Å². The summed E-state index contributed by atoms with van der Waals surface area (Å²) < 4.78 is 19.2. The van der Waals surface area contributed by atoms with Crippen LogP contribution in [0.5, 0.6) is 0 Å². The van der Waals surface area contributed by atoms with Crippen molar-refractivity contribution in [3.63, 3.8) is 0 Å². The Kier molecular flexibility index (Phi) is 7.84. The van der Waals surface area contributed by atoms with E-state index in [-0.39, 0.29) is 11.7 Å². The minimum absolute atomic E-state index is 0.279. The summed E-state index contributed by atoms with van der Waals surface area (Å²) in [4.78, 5) is 18.6. The van der Waals surface area contributed by atoms with Gasteiger partial charge in [0.05, 0.1) is 6.10 Å². The fourth-order valence-corrected chi connectivity index (χ4v) is 2.99. The van der Waals surface area contributed by atoms with E-state index in [1.807, 2.05) is 6.92 Å². The fraction of sp³-hybridized carbons (Fsp3) is 0.579. The van der Waals surface area contributed by atoms with Gasteiger partial charge in [0, 0.05) is 45.4 Å². The summed E-state index contributed by atoms with van der Waals surface area (Å²) in [7, 11) is 1.75. The smallest absolute Gasteiger partial charge is 0.251 e. The molecule has 2 N–H and O–H groups in total. The summed E-state index contributed by atoms with van der Waals surface area (Å²) in [5, 5.41) is 6.05. The second-order valence-corrected chi connectivity index (χ2v) is 6.34. The normalized spacial score (nSPS) is 15.8. The first-order chi connectivity index (χ1) is 12.5. The molecule has 1 aliphatic rings. The van der Waals surface area contributed by atoms with Gasteiger partial charge in [-0.1, -0.05) is 6.07 Å². The minimum atomic E-state index is -0.369. The lowest BCUT2D eigenvalue weighted by Crippen LogP contribution is -2.48. The highest BCUT2D eigenvalue weighted by Gasteiger charge is 2.21. The minimum Gasteiger partial charge on any atom is -0.378 e. The average Bonchev–Trinajstić information content (AvgIpc) is 2.65. The molecule has 0 atom stereocenters. The number of amides is 1. The number of aliphatic imine (C=N–C) groups is 1. The van der Waals surface area contributed by atoms with Crippen LogP contribution in [0.15, 0.2) is 23.2 Å². The molecule has 1 aromatic carbocycles. The predicted molar refractivity (Wildman–Crippen MR) is 101 cm³/mol. The fourth-order valence-electron chi connectivity index (χ4n) is 2.99. The zero-order valence-corrected chi connectivity index (χ0v) is 15.8. The van der Waals surface area contributed by atoms with Crippen molar-refractivity contribution in [2.24, 2.45) is 4.99 Å². The van der Waals surface area contributed by atoms with Crippen molar-refractivity contribution in [3.8, 4) is 0 Å². The number of hydrogen-bond acceptors (Lipinski definition) is 3. The molecule has 144 valence electrons. The van der Waals surface area contributed by atoms with E-state index in [2.05, 4.69) is 20.5 Å². The third-order valence-corrected chi connectivity index (χ3v) is 4.48. The van der Waals surface area contributed by atoms with Crippen LogP contribution in [0.2, 0.25) is 0 Å². The SMILES string of the molecule is CCOC1CCN(C(=NC)NCCNC(=O)c2ccc(C)c(F)c2)CC1. The number of benzene rings is 1. The molecule has 7 heteroatoms. The van der Waals surface area contributed by atoms with E-state index in [9.17, 15) is 9.18 Å². The molecule has 1 fully saturated rings. The van der Waals surface area contributed by atoms with Gasteiger partial charge in [-0.15, -0.1) is 0 Å². The number of hydrogen-bond donors (Lipinski definition) is 2. The number of piperidine rings is 1. The zero-order chi connectivity index (χ0) is 18.9. The Morgan fingerprint density at radius 2 is 2.00 bits per heavy atom. The lowest BCUT2D eigenvalue weighted by atomic mass is 10.1. The Balaban J connectivity index is 1.72. The third-order valence-electron chi connectivity index (χ3n) is 4.48. The third kappa shape index (κ3) is 5.69. The van der Waals surface area contributed by atoms with Crippen molar-refractivity contribution in [1.29, 1.82) is 0 Å². The number of halogens is 1. The summed E-state index contributed by atoms with van der Waals surface area (Å²) >= 11 is 0. The maximum absolute atomic E-state index is 13.5. The number of guanidine groups is 1. The van der Waals surface area contributed by atoms with Crippen LogP contribution >= 0.6 is 0 Å². The molecule has 0 bridgehead atoms. The number of ether oxygens (including phenoxy) is 1. The lowest BCUT2D eigenvalue weighted by molar-refractivity contribution is 0.0264. The van der Waals surface area contributed by atoms with Gasteiger partial charge in [-0.3, -0.25) is 9.79 Å². The number of likely N-dealkylation sites (tertiary alicyclic amines) is 1. The average molecular weight is 364 g/mol. The van der Waals surface area contributed by atoms with E-state index >= 15 is 0 Å². The van der Waals surface area contributed by atoms with E-state index in [0.29, 0.717) is 30.3 Å². The summed E-state index contributed by atoms with van der Waals surface area (Å²) in [6, 6.07) is 4.50. The van der Waals surface area contributed by atoms with Gasteiger partial charge in [0.1, 0.15) is 5.82 Å². The first-order valence-electron chi connectivity index (χ1n) is 9.16. The zero-order valence-electron chi connectivity index (χ0n) is 15.8. The van der Waals surface area contributed by atoms with Crippen LogP contribution in [-0.2, 0) is 4.74 Å². The Bertz CT molecular complexity index is 628. The Labute approximate surface area is 154 Å². The molecular weight excluding hydrogens is 335 g/mol. The molecule has 1 aromatic rings. The highest BCUT2D eigenvalue weighted by Crippen LogP contribution is 2.13. The van der Waals surface area contributed by atoms with Crippen LogP contribution < -0.4 is 10.6 Å². The molecular formula is C19H29FN4O2. The van der Waals surface area contributed by atoms with Crippen LogP contribution in [0.1, 0.15) is 35.7 Å². The standard InChI is InChI=1S/C19H29FN4O2/c1-4-26-16-7-11-24(12-8-16)19(21-3)23-10-9-22-18(25)15-6-5-14(2)17(20)13-15/h5-6,13,16H,4,7-12H2,1-3H3,(H,21,23)(H,22,25). The van der Waals surface area contributed by atoms with E-state index in [4.69, 9.17) is 4.74 Å². The van der Waals surface area contributed by atoms with E-state index < -0.39 is 0 Å². The van der Waals surface area contributed by atoms with Crippen LogP contribution in [-0.4, -0.2) is 62.7 Å². The second kappa shape index (κ2) is 10.1. The van der Waals surface area contributed by atoms with E-state index in [0.717, 1.165) is 38.5 Å². The Morgan fingerprint density at radius 1 is 1.31 bits per heavy atom. The van der Waals surface area contributed by atoms with Gasteiger partial charge in [-0.2, -0.15) is 0 Å². The topological polar surface area (TPSA) is 66.0 Å². The number of carbonyl (C=O) groups is 1. The molecule has 1 heterocycles. The number of aryl methyl sites for hydroxylation is 1. The van der Waals surface area contributed by atoms with Crippen molar-refractivity contribution in [2.45, 2.75) is 32.8 Å². The van der Waals surface area contributed by atoms with Gasteiger partial charge >= 0.3 is 0 Å². The van der Waals surface area contributed by atoms with Crippen LogP contribution in [0.3, 0.4) is 0 Å². The monoisotopic (exact) mass is 364 g/mol. The summed E-state index contributed by atoms with van der Waals surface area (Å²) in [5.74, 6) is 0.181. The molecule has 1 saturated heterocycles. The maximum Gasteiger partial charge on any atom is 0.251 e. The van der Waals surface area contributed by atoms with Crippen molar-refractivity contribution in [2.75, 3.05) is 39.8 Å². The number of carbonyl (C=O) groups excluding carboxylic acids is 1. The van der Waals surface area contributed by atoms with Gasteiger partial charge in [0.2, 0.25) is 0 Å². The molecule has 0 aromatic heterocycles. The van der Waals surface area contributed by atoms with Crippen LogP contribution in [0.25, 0.3) is 0 Å². The van der Waals surface area contributed by atoms with Gasteiger partial charge in [0.15, 0.2) is 5.96 Å². The highest BCUT2D eigenvalue weighted by molar-refractivity contribution is 5.94. The molecule has 0 radical (unpaired) electrons. The number of nitrogens with one attached hydrogen (secondary N) is 2. The van der Waals surface area contributed by atoms with Gasteiger partial charge in [0.25, 0.3) is 5.91 Å². The van der Waals surface area contributed by atoms with Gasteiger partial charge in [-0.05, 0) is 44.4 Å². The predicted octanol–water partition coefficient (Wildman–Crippen LogP) is 1.94. The quantitative estimate of drug-likeness (QED) is 0.460. The Hall–Kier alpha value is -2.15. The molecule has 1 amide bonds. The lowest BCUT2D eigenvalue weighted by Gasteiger charge is -2.34. The van der Waals surface area contributed by atoms with Crippen LogP contribution in [0.4, 0.5) is 4.39 Å². The summed E-state index contributed by atoms with van der Waals surface area (Å²) in [5.41, 5.74) is 0.857. The molecule has 1 aliphatic heterocycles. The summed E-state index contributed by atoms with van der Waals surface area (Å²) in [6.07, 6.45) is 2.32. The Morgan fingerprint density at radius 3 is 2.62 bits per heavy atom. The van der Waals surface area contributed by atoms with Gasteiger partial charge < -0.3 is 20.3 Å². The van der Waals surface area contributed by atoms with Gasteiger partial charge in [-0.25, -0.2) is 4.39 Å². The molecule has 26 heavy (non-hydrogen) atoms. The van der Waals surface area contributed by atoms with E-state index in [1.165, 1.54) is 6.07 Å². The maximum atomic E-state index is 13.5. The number of rotatable bonds is 6. The molecule has 0 saturated carbocycles. The molecule has 0 aliphatic carbocycles. The molecule has 0 unspecified atom stereocenters. The molecule has 0 spiro atoms. The van der Waals surface area contributed by atoms with Crippen molar-refractivity contribution >= 4 is 11.9 Å². The first-order valence-corrected chi connectivity index (χ1v) is 9.16. The largest absolute Gasteiger partial charge is 0.378 e. The van der Waals surface area contributed by atoms with Crippen molar-refractivity contribution in [1.82, 2.24) is 15.5 Å². The molecule has 6 nitrogen and oxygen atoms in total. The van der Waals surface area contributed by atoms with E-state index in [1.54, 1.807) is 26.1 Å². The van der Waals surface area contributed by atoms with Crippen molar-refractivity contribution in [3.05, 3.63) is 35.1 Å². The second-order valence-electron chi connectivity index (χ2n) is 6.34. The summed E-state index contributed by atoms with van der Waals surface area (Å²) in [6.45, 7) is 7.23. The molecule has 2 rings (SSSR count).